The molecule has 0 saturated carbocycles. The maximum Gasteiger partial charge on any atom is 0.175 e. The molecule has 5 heteroatoms. The lowest BCUT2D eigenvalue weighted by atomic mass is 10.1. The Hall–Kier alpha value is -2.50. The van der Waals surface area contributed by atoms with Crippen molar-refractivity contribution in [3.05, 3.63) is 65.7 Å². The molecule has 0 saturated heterocycles. The first-order valence-electron chi connectivity index (χ1n) is 7.61. The summed E-state index contributed by atoms with van der Waals surface area (Å²) in [7, 11) is 0. The van der Waals surface area contributed by atoms with E-state index in [1.165, 1.54) is 10.8 Å². The topological polar surface area (TPSA) is 37.0 Å². The maximum absolute atomic E-state index is 5.43. The summed E-state index contributed by atoms with van der Waals surface area (Å²) in [5.74, 6) is 0. The van der Waals surface area contributed by atoms with E-state index in [0.29, 0.717) is 5.11 Å². The zero-order valence-electron chi connectivity index (χ0n) is 13.0. The van der Waals surface area contributed by atoms with Crippen molar-refractivity contribution in [2.75, 3.05) is 10.6 Å². The number of thiocarbonyl (C=S) groups is 1. The summed E-state index contributed by atoms with van der Waals surface area (Å²) in [6.07, 6.45) is 0. The van der Waals surface area contributed by atoms with Crippen LogP contribution in [-0.2, 0) is 0 Å². The van der Waals surface area contributed by atoms with Crippen LogP contribution in [0, 0.1) is 6.92 Å². The van der Waals surface area contributed by atoms with Crippen molar-refractivity contribution >= 4 is 61.0 Å². The predicted octanol–water partition coefficient (Wildman–Crippen LogP) is 5.57. The lowest BCUT2D eigenvalue weighted by molar-refractivity contribution is 1.35. The van der Waals surface area contributed by atoms with Crippen molar-refractivity contribution in [1.82, 2.24) is 4.98 Å². The van der Waals surface area contributed by atoms with Gasteiger partial charge in [0.2, 0.25) is 0 Å². The molecule has 0 bridgehead atoms. The van der Waals surface area contributed by atoms with Gasteiger partial charge in [0.15, 0.2) is 5.11 Å². The second-order valence-corrected chi connectivity index (χ2v) is 7.20. The zero-order valence-corrected chi connectivity index (χ0v) is 14.7. The van der Waals surface area contributed by atoms with Crippen LogP contribution in [0.1, 0.15) is 5.01 Å². The lowest BCUT2D eigenvalue weighted by Gasteiger charge is -2.11. The summed E-state index contributed by atoms with van der Waals surface area (Å²) in [4.78, 5) is 4.47. The van der Waals surface area contributed by atoms with Crippen LogP contribution in [0.5, 0.6) is 0 Å². The third-order valence-electron chi connectivity index (χ3n) is 3.76. The van der Waals surface area contributed by atoms with Gasteiger partial charge in [-0.15, -0.1) is 11.3 Å². The smallest absolute Gasteiger partial charge is 0.175 e. The fourth-order valence-corrected chi connectivity index (χ4v) is 3.78. The number of thiazole rings is 1. The number of benzene rings is 3. The summed E-state index contributed by atoms with van der Waals surface area (Å²) in [5, 5.41) is 10.5. The number of hydrogen-bond acceptors (Lipinski definition) is 3. The first-order chi connectivity index (χ1) is 11.7. The Balaban J connectivity index is 1.51. The van der Waals surface area contributed by atoms with Crippen LogP contribution in [0.15, 0.2) is 60.7 Å². The Bertz CT molecular complexity index is 1050. The van der Waals surface area contributed by atoms with E-state index in [-0.39, 0.29) is 0 Å². The number of fused-ring (bicyclic) bond motifs is 2. The van der Waals surface area contributed by atoms with Gasteiger partial charge in [-0.25, -0.2) is 4.98 Å². The highest BCUT2D eigenvalue weighted by Gasteiger charge is 2.04. The molecule has 0 aliphatic rings. The molecule has 24 heavy (non-hydrogen) atoms. The molecule has 3 aromatic carbocycles. The number of rotatable bonds is 2. The molecule has 2 N–H and O–H groups in total. The van der Waals surface area contributed by atoms with E-state index in [0.717, 1.165) is 26.6 Å². The molecule has 0 fully saturated rings. The van der Waals surface area contributed by atoms with Gasteiger partial charge < -0.3 is 10.6 Å². The fraction of sp³-hybridized carbons (Fsp3) is 0.0526. The van der Waals surface area contributed by atoms with Crippen LogP contribution in [-0.4, -0.2) is 10.1 Å². The van der Waals surface area contributed by atoms with Gasteiger partial charge in [0, 0.05) is 11.4 Å². The Morgan fingerprint density at radius 1 is 0.917 bits per heavy atom. The zero-order chi connectivity index (χ0) is 16.5. The van der Waals surface area contributed by atoms with Crippen molar-refractivity contribution in [1.29, 1.82) is 0 Å². The van der Waals surface area contributed by atoms with Gasteiger partial charge in [0.1, 0.15) is 0 Å². The Kier molecular flexibility index (Phi) is 3.88. The van der Waals surface area contributed by atoms with E-state index in [9.17, 15) is 0 Å². The minimum atomic E-state index is 0.575. The third-order valence-corrected chi connectivity index (χ3v) is 4.90. The van der Waals surface area contributed by atoms with E-state index in [2.05, 4.69) is 45.9 Å². The van der Waals surface area contributed by atoms with Crippen LogP contribution < -0.4 is 10.6 Å². The molecule has 4 rings (SSSR count). The van der Waals surface area contributed by atoms with Crippen LogP contribution in [0.3, 0.4) is 0 Å². The number of hydrogen-bond donors (Lipinski definition) is 2. The summed E-state index contributed by atoms with van der Waals surface area (Å²) in [6.45, 7) is 2.02. The molecular weight excluding hydrogens is 334 g/mol. The van der Waals surface area contributed by atoms with Crippen LogP contribution in [0.25, 0.3) is 21.0 Å². The summed E-state index contributed by atoms with van der Waals surface area (Å²) >= 11 is 7.12. The van der Waals surface area contributed by atoms with Gasteiger partial charge in [0.05, 0.1) is 15.2 Å². The van der Waals surface area contributed by atoms with Crippen LogP contribution in [0.4, 0.5) is 11.4 Å². The molecule has 0 amide bonds. The van der Waals surface area contributed by atoms with Gasteiger partial charge in [-0.1, -0.05) is 30.3 Å². The molecule has 0 spiro atoms. The molecule has 118 valence electrons. The molecule has 0 atom stereocenters. The predicted molar refractivity (Wildman–Crippen MR) is 108 cm³/mol. The molecule has 0 radical (unpaired) electrons. The van der Waals surface area contributed by atoms with E-state index >= 15 is 0 Å². The number of aryl methyl sites for hydroxylation is 1. The van der Waals surface area contributed by atoms with E-state index in [1.54, 1.807) is 11.3 Å². The largest absolute Gasteiger partial charge is 0.332 e. The van der Waals surface area contributed by atoms with Crippen LogP contribution >= 0.6 is 23.6 Å². The van der Waals surface area contributed by atoms with Gasteiger partial charge in [-0.3, -0.25) is 0 Å². The first kappa shape index (κ1) is 15.1. The lowest BCUT2D eigenvalue weighted by Crippen LogP contribution is -2.18. The van der Waals surface area contributed by atoms with Crippen molar-refractivity contribution in [3.8, 4) is 0 Å². The van der Waals surface area contributed by atoms with Crippen molar-refractivity contribution in [2.45, 2.75) is 6.92 Å². The first-order valence-corrected chi connectivity index (χ1v) is 8.84. The molecule has 3 nitrogen and oxygen atoms in total. The van der Waals surface area contributed by atoms with Gasteiger partial charge in [0.25, 0.3) is 0 Å². The number of aromatic nitrogens is 1. The van der Waals surface area contributed by atoms with E-state index in [4.69, 9.17) is 12.2 Å². The molecule has 1 heterocycles. The standard InChI is InChI=1S/C19H15N3S2/c1-12-20-17-9-8-16(11-18(17)24-12)22-19(23)21-15-7-6-13-4-2-3-5-14(13)10-15/h2-11H,1H3,(H2,21,22,23). The van der Waals surface area contributed by atoms with Gasteiger partial charge in [-0.05, 0) is 60.2 Å². The molecule has 0 unspecified atom stereocenters. The van der Waals surface area contributed by atoms with E-state index < -0.39 is 0 Å². The second-order valence-electron chi connectivity index (χ2n) is 5.56. The van der Waals surface area contributed by atoms with Crippen LogP contribution in [0.2, 0.25) is 0 Å². The third kappa shape index (κ3) is 3.09. The van der Waals surface area contributed by atoms with E-state index in [1.807, 2.05) is 37.3 Å². The number of nitrogens with one attached hydrogen (secondary N) is 2. The molecule has 0 aliphatic heterocycles. The Morgan fingerprint density at radius 2 is 1.62 bits per heavy atom. The van der Waals surface area contributed by atoms with Crippen molar-refractivity contribution in [3.63, 3.8) is 0 Å². The van der Waals surface area contributed by atoms with Gasteiger partial charge >= 0.3 is 0 Å². The highest BCUT2D eigenvalue weighted by atomic mass is 32.1. The average molecular weight is 349 g/mol. The minimum Gasteiger partial charge on any atom is -0.332 e. The summed E-state index contributed by atoms with van der Waals surface area (Å²) in [5.41, 5.74) is 2.96. The van der Waals surface area contributed by atoms with Crippen molar-refractivity contribution < 1.29 is 0 Å². The normalized spacial score (nSPS) is 10.9. The maximum atomic E-state index is 5.43. The van der Waals surface area contributed by atoms with Crippen molar-refractivity contribution in [2.24, 2.45) is 0 Å². The Morgan fingerprint density at radius 3 is 2.46 bits per heavy atom. The molecular formula is C19H15N3S2. The fourth-order valence-electron chi connectivity index (χ4n) is 2.68. The molecule has 4 aromatic rings. The SMILES string of the molecule is Cc1nc2ccc(NC(=S)Nc3ccc4ccccc4c3)cc2s1. The monoisotopic (exact) mass is 349 g/mol. The minimum absolute atomic E-state index is 0.575. The molecule has 1 aromatic heterocycles. The molecule has 0 aliphatic carbocycles. The summed E-state index contributed by atoms with van der Waals surface area (Å²) in [6, 6.07) is 20.6. The average Bonchev–Trinajstić information content (AvgIpc) is 2.94. The number of nitrogens with zero attached hydrogens (tertiary/aromatic N) is 1. The number of anilines is 2. The highest BCUT2D eigenvalue weighted by molar-refractivity contribution is 7.80. The second kappa shape index (κ2) is 6.19. The Labute approximate surface area is 149 Å². The summed E-state index contributed by atoms with van der Waals surface area (Å²) < 4.78 is 1.16. The van der Waals surface area contributed by atoms with Gasteiger partial charge in [-0.2, -0.15) is 0 Å². The quantitative estimate of drug-likeness (QED) is 0.464. The highest BCUT2D eigenvalue weighted by Crippen LogP contribution is 2.25.